The average molecular weight is 289 g/mol. The lowest BCUT2D eigenvalue weighted by Gasteiger charge is -2.21. The van der Waals surface area contributed by atoms with Gasteiger partial charge in [0, 0.05) is 17.3 Å². The van der Waals surface area contributed by atoms with Crippen LogP contribution in [0.2, 0.25) is 0 Å². The normalized spacial score (nSPS) is 23.5. The van der Waals surface area contributed by atoms with Crippen LogP contribution in [0.3, 0.4) is 0 Å². The Balaban J connectivity index is 1.42. The largest absolute Gasteiger partial charge is 0.339 e. The van der Waals surface area contributed by atoms with Crippen molar-refractivity contribution in [2.45, 2.75) is 44.1 Å². The van der Waals surface area contributed by atoms with Crippen molar-refractivity contribution in [3.05, 3.63) is 34.1 Å². The van der Waals surface area contributed by atoms with Crippen molar-refractivity contribution in [2.75, 3.05) is 13.1 Å². The molecule has 1 aliphatic carbocycles. The Morgan fingerprint density at radius 2 is 2.30 bits per heavy atom. The smallest absolute Gasteiger partial charge is 0.229 e. The summed E-state index contributed by atoms with van der Waals surface area (Å²) in [6, 6.07) is 4.71. The lowest BCUT2D eigenvalue weighted by atomic mass is 10.2. The van der Waals surface area contributed by atoms with Crippen molar-refractivity contribution in [1.29, 1.82) is 0 Å². The molecule has 2 aliphatic rings. The third kappa shape index (κ3) is 2.52. The van der Waals surface area contributed by atoms with Gasteiger partial charge in [-0.1, -0.05) is 11.2 Å². The Morgan fingerprint density at radius 3 is 3.10 bits per heavy atom. The SMILES string of the molecule is c1csc(CCN2CCC[C@H]2c2noc(C3CC3)n2)c1. The molecular weight excluding hydrogens is 270 g/mol. The van der Waals surface area contributed by atoms with E-state index in [1.807, 2.05) is 11.3 Å². The van der Waals surface area contributed by atoms with E-state index in [4.69, 9.17) is 4.52 Å². The summed E-state index contributed by atoms with van der Waals surface area (Å²) in [4.78, 5) is 8.61. The maximum Gasteiger partial charge on any atom is 0.229 e. The molecule has 1 saturated heterocycles. The van der Waals surface area contributed by atoms with Gasteiger partial charge >= 0.3 is 0 Å². The first-order valence-electron chi connectivity index (χ1n) is 7.50. The maximum absolute atomic E-state index is 5.41. The fourth-order valence-electron chi connectivity index (χ4n) is 2.97. The predicted molar refractivity (Wildman–Crippen MR) is 77.8 cm³/mol. The molecule has 1 saturated carbocycles. The van der Waals surface area contributed by atoms with Crippen LogP contribution in [0.25, 0.3) is 0 Å². The Bertz CT molecular complexity index is 561. The highest BCUT2D eigenvalue weighted by Crippen LogP contribution is 2.40. The standard InChI is InChI=1S/C15H19N3OS/c1-4-13(14-16-15(19-17-14)11-5-6-11)18(8-1)9-7-12-3-2-10-20-12/h2-3,10-11,13H,1,4-9H2/t13-/m0/s1. The summed E-state index contributed by atoms with van der Waals surface area (Å²) in [5.41, 5.74) is 0. The second kappa shape index (κ2) is 5.30. The summed E-state index contributed by atoms with van der Waals surface area (Å²) in [5.74, 6) is 2.33. The van der Waals surface area contributed by atoms with Crippen molar-refractivity contribution in [1.82, 2.24) is 15.0 Å². The minimum atomic E-state index is 0.367. The first-order valence-corrected chi connectivity index (χ1v) is 8.38. The van der Waals surface area contributed by atoms with E-state index < -0.39 is 0 Å². The van der Waals surface area contributed by atoms with E-state index >= 15 is 0 Å². The zero-order chi connectivity index (χ0) is 13.4. The number of nitrogens with zero attached hydrogens (tertiary/aromatic N) is 3. The summed E-state index contributed by atoms with van der Waals surface area (Å²) in [6.07, 6.45) is 5.96. The highest BCUT2D eigenvalue weighted by atomic mass is 32.1. The summed E-state index contributed by atoms with van der Waals surface area (Å²) >= 11 is 1.84. The molecule has 5 heteroatoms. The Labute approximate surface area is 122 Å². The lowest BCUT2D eigenvalue weighted by molar-refractivity contribution is 0.245. The second-order valence-corrected chi connectivity index (χ2v) is 6.82. The van der Waals surface area contributed by atoms with Gasteiger partial charge in [-0.3, -0.25) is 4.90 Å². The second-order valence-electron chi connectivity index (χ2n) is 5.79. The fourth-order valence-corrected chi connectivity index (χ4v) is 3.67. The molecule has 0 radical (unpaired) electrons. The van der Waals surface area contributed by atoms with Gasteiger partial charge in [0.25, 0.3) is 0 Å². The molecule has 0 spiro atoms. The summed E-state index contributed by atoms with van der Waals surface area (Å²) in [5, 5.41) is 6.38. The zero-order valence-electron chi connectivity index (χ0n) is 11.5. The molecule has 0 aromatic carbocycles. The Hall–Kier alpha value is -1.20. The van der Waals surface area contributed by atoms with Crippen molar-refractivity contribution >= 4 is 11.3 Å². The van der Waals surface area contributed by atoms with E-state index in [9.17, 15) is 0 Å². The number of thiophene rings is 1. The van der Waals surface area contributed by atoms with Crippen LogP contribution in [0.1, 0.15) is 54.2 Å². The van der Waals surface area contributed by atoms with Gasteiger partial charge in [-0.15, -0.1) is 11.3 Å². The van der Waals surface area contributed by atoms with Crippen LogP contribution in [0.5, 0.6) is 0 Å². The van der Waals surface area contributed by atoms with Gasteiger partial charge in [0.2, 0.25) is 5.89 Å². The molecule has 0 amide bonds. The molecule has 2 aromatic rings. The quantitative estimate of drug-likeness (QED) is 0.846. The predicted octanol–water partition coefficient (Wildman–Crippen LogP) is 3.39. The van der Waals surface area contributed by atoms with Crippen LogP contribution in [0.4, 0.5) is 0 Å². The van der Waals surface area contributed by atoms with Crippen LogP contribution in [0.15, 0.2) is 22.0 Å². The van der Waals surface area contributed by atoms with E-state index in [2.05, 4.69) is 32.6 Å². The Kier molecular flexibility index (Phi) is 3.32. The molecular formula is C15H19N3OS. The van der Waals surface area contributed by atoms with Crippen molar-refractivity contribution < 1.29 is 4.52 Å². The number of likely N-dealkylation sites (tertiary alicyclic amines) is 1. The molecule has 4 rings (SSSR count). The summed E-state index contributed by atoms with van der Waals surface area (Å²) < 4.78 is 5.41. The molecule has 106 valence electrons. The molecule has 1 aliphatic heterocycles. The molecule has 1 atom stereocenters. The van der Waals surface area contributed by atoms with Gasteiger partial charge < -0.3 is 4.52 Å². The van der Waals surface area contributed by atoms with Crippen LogP contribution >= 0.6 is 11.3 Å². The molecule has 4 nitrogen and oxygen atoms in total. The molecule has 3 heterocycles. The third-order valence-corrected chi connectivity index (χ3v) is 5.21. The van der Waals surface area contributed by atoms with Crippen LogP contribution < -0.4 is 0 Å². The first-order chi connectivity index (χ1) is 9.90. The molecule has 0 bridgehead atoms. The van der Waals surface area contributed by atoms with E-state index in [0.717, 1.165) is 37.6 Å². The number of aromatic nitrogens is 2. The molecule has 2 aromatic heterocycles. The van der Waals surface area contributed by atoms with Gasteiger partial charge in [-0.2, -0.15) is 4.98 Å². The summed E-state index contributed by atoms with van der Waals surface area (Å²) in [6.45, 7) is 2.25. The van der Waals surface area contributed by atoms with Crippen molar-refractivity contribution in [2.24, 2.45) is 0 Å². The van der Waals surface area contributed by atoms with Gasteiger partial charge in [0.05, 0.1) is 6.04 Å². The summed E-state index contributed by atoms with van der Waals surface area (Å²) in [7, 11) is 0. The highest BCUT2D eigenvalue weighted by Gasteiger charge is 2.33. The molecule has 0 unspecified atom stereocenters. The Morgan fingerprint density at radius 1 is 1.35 bits per heavy atom. The van der Waals surface area contributed by atoms with Gasteiger partial charge in [0.15, 0.2) is 5.82 Å². The van der Waals surface area contributed by atoms with E-state index in [1.54, 1.807) is 0 Å². The van der Waals surface area contributed by atoms with Gasteiger partial charge in [-0.05, 0) is 50.1 Å². The first kappa shape index (κ1) is 12.5. The van der Waals surface area contributed by atoms with Gasteiger partial charge in [-0.25, -0.2) is 0 Å². The molecule has 20 heavy (non-hydrogen) atoms. The lowest BCUT2D eigenvalue weighted by Crippen LogP contribution is -2.26. The molecule has 0 N–H and O–H groups in total. The molecule has 2 fully saturated rings. The van der Waals surface area contributed by atoms with E-state index in [0.29, 0.717) is 12.0 Å². The van der Waals surface area contributed by atoms with Crippen LogP contribution in [-0.4, -0.2) is 28.1 Å². The minimum absolute atomic E-state index is 0.367. The van der Waals surface area contributed by atoms with Crippen LogP contribution in [0, 0.1) is 0 Å². The maximum atomic E-state index is 5.41. The van der Waals surface area contributed by atoms with Crippen molar-refractivity contribution in [3.8, 4) is 0 Å². The van der Waals surface area contributed by atoms with Crippen molar-refractivity contribution in [3.63, 3.8) is 0 Å². The third-order valence-electron chi connectivity index (χ3n) is 4.27. The number of rotatable bonds is 5. The topological polar surface area (TPSA) is 42.2 Å². The monoisotopic (exact) mass is 289 g/mol. The number of hydrogen-bond acceptors (Lipinski definition) is 5. The van der Waals surface area contributed by atoms with E-state index in [1.165, 1.54) is 24.1 Å². The minimum Gasteiger partial charge on any atom is -0.339 e. The van der Waals surface area contributed by atoms with Gasteiger partial charge in [0.1, 0.15) is 0 Å². The van der Waals surface area contributed by atoms with Crippen LogP contribution in [-0.2, 0) is 6.42 Å². The van der Waals surface area contributed by atoms with E-state index in [-0.39, 0.29) is 0 Å². The highest BCUT2D eigenvalue weighted by molar-refractivity contribution is 7.09. The number of hydrogen-bond donors (Lipinski definition) is 0. The average Bonchev–Trinajstić information content (AvgIpc) is 2.91. The fraction of sp³-hybridized carbons (Fsp3) is 0.600. The zero-order valence-corrected chi connectivity index (χ0v) is 12.3.